The molecule has 1 saturated carbocycles. The Bertz CT molecular complexity index is 524. The fourth-order valence-electron chi connectivity index (χ4n) is 2.38. The highest BCUT2D eigenvalue weighted by Crippen LogP contribution is 2.50. The molecule has 2 aromatic carbocycles. The Morgan fingerprint density at radius 3 is 2.44 bits per heavy atom. The molecule has 2 N–H and O–H groups in total. The van der Waals surface area contributed by atoms with E-state index in [2.05, 4.69) is 12.1 Å². The molecule has 0 spiro atoms. The highest BCUT2D eigenvalue weighted by atomic mass is 16.5. The van der Waals surface area contributed by atoms with Gasteiger partial charge in [-0.3, -0.25) is 0 Å². The molecule has 0 radical (unpaired) electrons. The second-order valence-electron chi connectivity index (χ2n) is 4.79. The number of para-hydroxylation sites is 2. The number of rotatable bonds is 4. The van der Waals surface area contributed by atoms with E-state index in [9.17, 15) is 0 Å². The average Bonchev–Trinajstić information content (AvgIpc) is 3.20. The van der Waals surface area contributed by atoms with Crippen LogP contribution in [-0.2, 0) is 0 Å². The topological polar surface area (TPSA) is 35.2 Å². The largest absolute Gasteiger partial charge is 0.457 e. The van der Waals surface area contributed by atoms with E-state index < -0.39 is 0 Å². The summed E-state index contributed by atoms with van der Waals surface area (Å²) in [6, 6.07) is 18.2. The van der Waals surface area contributed by atoms with Crippen LogP contribution >= 0.6 is 0 Å². The maximum absolute atomic E-state index is 5.96. The number of ether oxygens (including phenoxy) is 1. The van der Waals surface area contributed by atoms with Crippen molar-refractivity contribution < 1.29 is 4.74 Å². The first-order valence-electron chi connectivity index (χ1n) is 6.40. The lowest BCUT2D eigenvalue weighted by Gasteiger charge is -2.10. The molecule has 3 rings (SSSR count). The van der Waals surface area contributed by atoms with Gasteiger partial charge >= 0.3 is 0 Å². The Morgan fingerprint density at radius 1 is 1.00 bits per heavy atom. The first kappa shape index (κ1) is 11.3. The summed E-state index contributed by atoms with van der Waals surface area (Å²) < 4.78 is 5.96. The molecule has 0 amide bonds. The van der Waals surface area contributed by atoms with E-state index in [0.717, 1.165) is 18.0 Å². The van der Waals surface area contributed by atoms with Crippen LogP contribution in [0.25, 0.3) is 0 Å². The van der Waals surface area contributed by atoms with Gasteiger partial charge in [0.1, 0.15) is 11.5 Å². The van der Waals surface area contributed by atoms with Gasteiger partial charge in [-0.1, -0.05) is 36.4 Å². The summed E-state index contributed by atoms with van der Waals surface area (Å²) in [6.07, 6.45) is 1.19. The predicted octanol–water partition coefficient (Wildman–Crippen LogP) is 3.54. The highest BCUT2D eigenvalue weighted by molar-refractivity contribution is 5.42. The minimum atomic E-state index is 0.579. The standard InChI is InChI=1S/C16H17NO/c17-11-12-10-15(12)14-8-4-5-9-16(14)18-13-6-2-1-3-7-13/h1-9,12,15H,10-11,17H2. The molecule has 2 atom stereocenters. The molecule has 1 aliphatic rings. The SMILES string of the molecule is NCC1CC1c1ccccc1Oc1ccccc1. The van der Waals surface area contributed by atoms with Crippen LogP contribution in [-0.4, -0.2) is 6.54 Å². The lowest BCUT2D eigenvalue weighted by molar-refractivity contribution is 0.475. The summed E-state index contributed by atoms with van der Waals surface area (Å²) in [4.78, 5) is 0. The Morgan fingerprint density at radius 2 is 1.72 bits per heavy atom. The highest BCUT2D eigenvalue weighted by Gasteiger charge is 2.38. The lowest BCUT2D eigenvalue weighted by Crippen LogP contribution is -2.02. The van der Waals surface area contributed by atoms with Gasteiger partial charge in [-0.05, 0) is 48.6 Å². The molecular weight excluding hydrogens is 222 g/mol. The smallest absolute Gasteiger partial charge is 0.130 e. The van der Waals surface area contributed by atoms with Crippen LogP contribution in [0.5, 0.6) is 11.5 Å². The number of nitrogens with two attached hydrogens (primary N) is 1. The Hall–Kier alpha value is -1.80. The molecule has 2 nitrogen and oxygen atoms in total. The third-order valence-corrected chi connectivity index (χ3v) is 3.51. The summed E-state index contributed by atoms with van der Waals surface area (Å²) in [5, 5.41) is 0. The Balaban J connectivity index is 1.84. The van der Waals surface area contributed by atoms with Crippen molar-refractivity contribution in [1.29, 1.82) is 0 Å². The third kappa shape index (κ3) is 2.24. The lowest BCUT2D eigenvalue weighted by atomic mass is 10.1. The van der Waals surface area contributed by atoms with Crippen molar-refractivity contribution in [2.45, 2.75) is 12.3 Å². The Kier molecular flexibility index (Phi) is 3.03. The van der Waals surface area contributed by atoms with Crippen molar-refractivity contribution in [3.8, 4) is 11.5 Å². The summed E-state index contributed by atoms with van der Waals surface area (Å²) >= 11 is 0. The number of hydrogen-bond acceptors (Lipinski definition) is 2. The van der Waals surface area contributed by atoms with Gasteiger partial charge < -0.3 is 10.5 Å². The second-order valence-corrected chi connectivity index (χ2v) is 4.79. The maximum atomic E-state index is 5.96. The molecule has 0 heterocycles. The van der Waals surface area contributed by atoms with E-state index >= 15 is 0 Å². The Labute approximate surface area is 107 Å². The van der Waals surface area contributed by atoms with Crippen LogP contribution in [0.15, 0.2) is 54.6 Å². The quantitative estimate of drug-likeness (QED) is 0.885. The number of benzene rings is 2. The molecule has 18 heavy (non-hydrogen) atoms. The van der Waals surface area contributed by atoms with Crippen molar-refractivity contribution in [3.63, 3.8) is 0 Å². The minimum Gasteiger partial charge on any atom is -0.457 e. The monoisotopic (exact) mass is 239 g/mol. The molecule has 2 aromatic rings. The molecule has 0 aromatic heterocycles. The van der Waals surface area contributed by atoms with Gasteiger partial charge in [-0.25, -0.2) is 0 Å². The first-order chi connectivity index (χ1) is 8.88. The molecule has 0 bridgehead atoms. The molecule has 1 aliphatic carbocycles. The van der Waals surface area contributed by atoms with Crippen molar-refractivity contribution >= 4 is 0 Å². The first-order valence-corrected chi connectivity index (χ1v) is 6.40. The van der Waals surface area contributed by atoms with E-state index in [1.165, 1.54) is 12.0 Å². The van der Waals surface area contributed by atoms with Gasteiger partial charge in [0, 0.05) is 0 Å². The van der Waals surface area contributed by atoms with Crippen molar-refractivity contribution in [1.82, 2.24) is 0 Å². The molecule has 0 aliphatic heterocycles. The fraction of sp³-hybridized carbons (Fsp3) is 0.250. The average molecular weight is 239 g/mol. The van der Waals surface area contributed by atoms with Crippen LogP contribution in [0.2, 0.25) is 0 Å². The van der Waals surface area contributed by atoms with E-state index in [1.807, 2.05) is 42.5 Å². The summed E-state index contributed by atoms with van der Waals surface area (Å²) in [5.41, 5.74) is 7.01. The van der Waals surface area contributed by atoms with Crippen LogP contribution in [0.1, 0.15) is 17.9 Å². The molecule has 1 fully saturated rings. The zero-order valence-electron chi connectivity index (χ0n) is 10.3. The minimum absolute atomic E-state index is 0.579. The van der Waals surface area contributed by atoms with Gasteiger partial charge in [-0.15, -0.1) is 0 Å². The molecule has 2 unspecified atom stereocenters. The molecule has 92 valence electrons. The van der Waals surface area contributed by atoms with Crippen LogP contribution in [0.3, 0.4) is 0 Å². The predicted molar refractivity (Wildman–Crippen MR) is 72.9 cm³/mol. The van der Waals surface area contributed by atoms with Crippen LogP contribution < -0.4 is 10.5 Å². The van der Waals surface area contributed by atoms with Crippen molar-refractivity contribution in [2.75, 3.05) is 6.54 Å². The number of hydrogen-bond donors (Lipinski definition) is 1. The van der Waals surface area contributed by atoms with Crippen LogP contribution in [0.4, 0.5) is 0 Å². The summed E-state index contributed by atoms with van der Waals surface area (Å²) in [5.74, 6) is 3.06. The molecular formula is C16H17NO. The van der Waals surface area contributed by atoms with Crippen molar-refractivity contribution in [2.24, 2.45) is 11.7 Å². The van der Waals surface area contributed by atoms with E-state index in [0.29, 0.717) is 11.8 Å². The third-order valence-electron chi connectivity index (χ3n) is 3.51. The molecule has 0 saturated heterocycles. The van der Waals surface area contributed by atoms with E-state index in [4.69, 9.17) is 10.5 Å². The summed E-state index contributed by atoms with van der Waals surface area (Å²) in [6.45, 7) is 0.768. The van der Waals surface area contributed by atoms with Gasteiger partial charge in [0.25, 0.3) is 0 Å². The molecule has 2 heteroatoms. The normalized spacial score (nSPS) is 21.6. The maximum Gasteiger partial charge on any atom is 0.130 e. The second kappa shape index (κ2) is 4.83. The zero-order valence-corrected chi connectivity index (χ0v) is 10.3. The van der Waals surface area contributed by atoms with E-state index in [-0.39, 0.29) is 0 Å². The van der Waals surface area contributed by atoms with Gasteiger partial charge in [0.05, 0.1) is 0 Å². The zero-order chi connectivity index (χ0) is 12.4. The van der Waals surface area contributed by atoms with Crippen LogP contribution in [0, 0.1) is 5.92 Å². The summed E-state index contributed by atoms with van der Waals surface area (Å²) in [7, 11) is 0. The van der Waals surface area contributed by atoms with Gasteiger partial charge in [0.2, 0.25) is 0 Å². The fourth-order valence-corrected chi connectivity index (χ4v) is 2.38. The van der Waals surface area contributed by atoms with E-state index in [1.54, 1.807) is 0 Å². The van der Waals surface area contributed by atoms with Gasteiger partial charge in [0.15, 0.2) is 0 Å². The van der Waals surface area contributed by atoms with Gasteiger partial charge in [-0.2, -0.15) is 0 Å². The van der Waals surface area contributed by atoms with Crippen molar-refractivity contribution in [3.05, 3.63) is 60.2 Å².